The van der Waals surface area contributed by atoms with E-state index in [0.717, 1.165) is 40.8 Å². The molecule has 62 heavy (non-hydrogen) atoms. The number of nitrogens with two attached hydrogens (primary N) is 1. The van der Waals surface area contributed by atoms with Gasteiger partial charge in [0.15, 0.2) is 0 Å². The van der Waals surface area contributed by atoms with Crippen molar-refractivity contribution >= 4 is 17.1 Å². The molecule has 1 spiro atoms. The second-order valence-electron chi connectivity index (χ2n) is 16.4. The molecule has 10 rings (SSSR count). The van der Waals surface area contributed by atoms with Crippen LogP contribution < -0.4 is 5.73 Å². The number of benzene rings is 7. The zero-order valence-corrected chi connectivity index (χ0v) is 35.0. The van der Waals surface area contributed by atoms with Gasteiger partial charge in [0.2, 0.25) is 0 Å². The van der Waals surface area contributed by atoms with Gasteiger partial charge in [-0.2, -0.15) is 0 Å². The molecular formula is C60H48N2. The molecule has 0 amide bonds. The van der Waals surface area contributed by atoms with Gasteiger partial charge in [-0.1, -0.05) is 225 Å². The van der Waals surface area contributed by atoms with Crippen LogP contribution in [-0.2, 0) is 5.41 Å². The molecule has 3 aliphatic rings. The minimum absolute atomic E-state index is 0.275. The van der Waals surface area contributed by atoms with Crippen LogP contribution in [0.25, 0.3) is 44.7 Å². The molecule has 298 valence electrons. The molecular weight excluding hydrogens is 749 g/mol. The lowest BCUT2D eigenvalue weighted by molar-refractivity contribution is 0.794. The average molecular weight is 797 g/mol. The number of amidine groups is 1. The Labute approximate surface area is 365 Å². The van der Waals surface area contributed by atoms with E-state index in [1.165, 1.54) is 66.8 Å². The molecule has 0 heterocycles. The minimum Gasteiger partial charge on any atom is -0.383 e. The maximum Gasteiger partial charge on any atom is 0.131 e. The molecule has 7 aromatic carbocycles. The maximum absolute atomic E-state index is 6.61. The van der Waals surface area contributed by atoms with E-state index >= 15 is 0 Å². The zero-order valence-electron chi connectivity index (χ0n) is 35.0. The predicted octanol–water partition coefficient (Wildman–Crippen LogP) is 14.6. The van der Waals surface area contributed by atoms with E-state index in [0.29, 0.717) is 5.84 Å². The highest BCUT2D eigenvalue weighted by atomic mass is 14.9. The van der Waals surface area contributed by atoms with Crippen LogP contribution >= 0.6 is 0 Å². The maximum atomic E-state index is 6.61. The van der Waals surface area contributed by atoms with Crippen LogP contribution in [0, 0.1) is 0 Å². The van der Waals surface area contributed by atoms with Gasteiger partial charge in [0.05, 0.1) is 11.1 Å². The molecule has 1 unspecified atom stereocenters. The Morgan fingerprint density at radius 2 is 1.23 bits per heavy atom. The van der Waals surface area contributed by atoms with Gasteiger partial charge < -0.3 is 5.73 Å². The molecule has 2 nitrogen and oxygen atoms in total. The molecule has 3 aliphatic carbocycles. The summed E-state index contributed by atoms with van der Waals surface area (Å²) in [4.78, 5) is 5.00. The molecule has 7 aromatic rings. The van der Waals surface area contributed by atoms with Gasteiger partial charge in [0.25, 0.3) is 0 Å². The van der Waals surface area contributed by atoms with Gasteiger partial charge in [0.1, 0.15) is 5.84 Å². The van der Waals surface area contributed by atoms with Crippen LogP contribution in [0.5, 0.6) is 0 Å². The van der Waals surface area contributed by atoms with E-state index in [-0.39, 0.29) is 11.3 Å². The summed E-state index contributed by atoms with van der Waals surface area (Å²) in [6, 6.07) is 61.7. The number of allylic oxidation sites excluding steroid dienone is 10. The van der Waals surface area contributed by atoms with Crippen LogP contribution in [0.15, 0.2) is 236 Å². The summed E-state index contributed by atoms with van der Waals surface area (Å²) in [5.41, 5.74) is 26.9. The largest absolute Gasteiger partial charge is 0.383 e. The summed E-state index contributed by atoms with van der Waals surface area (Å²) in [6.07, 6.45) is 18.9. The van der Waals surface area contributed by atoms with Gasteiger partial charge in [0, 0.05) is 11.5 Å². The first kappa shape index (κ1) is 38.6. The van der Waals surface area contributed by atoms with E-state index in [4.69, 9.17) is 10.7 Å². The van der Waals surface area contributed by atoms with Crippen molar-refractivity contribution in [2.75, 3.05) is 0 Å². The van der Waals surface area contributed by atoms with Crippen molar-refractivity contribution in [1.29, 1.82) is 0 Å². The van der Waals surface area contributed by atoms with Gasteiger partial charge in [-0.25, -0.2) is 4.99 Å². The number of nitrogens with zero attached hydrogens (tertiary/aromatic N) is 1. The third kappa shape index (κ3) is 6.75. The zero-order chi connectivity index (χ0) is 42.0. The van der Waals surface area contributed by atoms with Gasteiger partial charge >= 0.3 is 0 Å². The number of aliphatic imine (C=N–C) groups is 1. The Balaban J connectivity index is 0.956. The quantitative estimate of drug-likeness (QED) is 0.0835. The molecule has 0 aromatic heterocycles. The van der Waals surface area contributed by atoms with Crippen molar-refractivity contribution in [3.8, 4) is 33.4 Å². The van der Waals surface area contributed by atoms with E-state index in [1.807, 2.05) is 61.6 Å². The highest BCUT2D eigenvalue weighted by molar-refractivity contribution is 6.01. The average Bonchev–Trinajstić information content (AvgIpc) is 3.81. The number of hydrogen-bond donors (Lipinski definition) is 1. The highest BCUT2D eigenvalue weighted by Crippen LogP contribution is 2.63. The Morgan fingerprint density at radius 1 is 0.629 bits per heavy atom. The number of fused-ring (bicyclic) bond motifs is 10. The molecule has 0 radical (unpaired) electrons. The second-order valence-corrected chi connectivity index (χ2v) is 16.4. The lowest BCUT2D eigenvalue weighted by atomic mass is 9.70. The number of hydrogen-bond acceptors (Lipinski definition) is 1. The second kappa shape index (κ2) is 16.5. The van der Waals surface area contributed by atoms with Crippen molar-refractivity contribution in [2.24, 2.45) is 10.7 Å². The lowest BCUT2D eigenvalue weighted by Crippen LogP contribution is -2.25. The topological polar surface area (TPSA) is 38.4 Å². The summed E-state index contributed by atoms with van der Waals surface area (Å²) in [6.45, 7) is 6.27. The summed E-state index contributed by atoms with van der Waals surface area (Å²) in [7, 11) is 0. The van der Waals surface area contributed by atoms with E-state index in [2.05, 4.69) is 170 Å². The lowest BCUT2D eigenvalue weighted by Gasteiger charge is -2.30. The van der Waals surface area contributed by atoms with Crippen LogP contribution in [0.2, 0.25) is 0 Å². The standard InChI is InChI=1S/C60H48N2/c1-3-4-6-17-41(2)43-31-37-46(38-32-43)57(62-59(61)47-19-7-5-8-20-47)39-30-42-18-15-21-48(40-42)44-33-35-45(36-34-44)49-25-16-29-56-58(49)52-24-11-14-28-55(52)60(56)53-26-12-9-22-50(53)51-23-10-13-27-54(51)60/h3-20,22-29,31-40,48H,2,21,30H2,1H3,(H2,61,62)/b4-3-,17-6-,57-39-. The summed E-state index contributed by atoms with van der Waals surface area (Å²) >= 11 is 0. The van der Waals surface area contributed by atoms with Crippen molar-refractivity contribution < 1.29 is 0 Å². The summed E-state index contributed by atoms with van der Waals surface area (Å²) < 4.78 is 0. The Hall–Kier alpha value is -7.55. The highest BCUT2D eigenvalue weighted by Gasteiger charge is 2.51. The van der Waals surface area contributed by atoms with Gasteiger partial charge in [-0.05, 0) is 103 Å². The third-order valence-corrected chi connectivity index (χ3v) is 12.8. The first-order valence-electron chi connectivity index (χ1n) is 21.6. The van der Waals surface area contributed by atoms with Gasteiger partial charge in [-0.3, -0.25) is 0 Å². The number of rotatable bonds is 10. The first-order chi connectivity index (χ1) is 30.5. The molecule has 2 heteroatoms. The Kier molecular flexibility index (Phi) is 10.3. The summed E-state index contributed by atoms with van der Waals surface area (Å²) in [5.74, 6) is 0.767. The van der Waals surface area contributed by atoms with Crippen molar-refractivity contribution in [3.05, 3.63) is 275 Å². The summed E-state index contributed by atoms with van der Waals surface area (Å²) in [5, 5.41) is 0. The first-order valence-corrected chi connectivity index (χ1v) is 21.6. The van der Waals surface area contributed by atoms with Gasteiger partial charge in [-0.15, -0.1) is 0 Å². The molecule has 0 bridgehead atoms. The van der Waals surface area contributed by atoms with Crippen molar-refractivity contribution in [3.63, 3.8) is 0 Å². The third-order valence-electron chi connectivity index (χ3n) is 12.8. The van der Waals surface area contributed by atoms with E-state index < -0.39 is 0 Å². The minimum atomic E-state index is -0.348. The smallest absolute Gasteiger partial charge is 0.131 e. The molecule has 2 N–H and O–H groups in total. The molecule has 1 atom stereocenters. The van der Waals surface area contributed by atoms with Crippen molar-refractivity contribution in [2.45, 2.75) is 31.1 Å². The SMILES string of the molecule is C=C(/C=C\C=C/C)c1ccc(/C(=C/CC2=CC(c3ccc(-c4cccc5c4-c4ccccc4C54c5ccccc5-c5ccccc54)cc3)CC=C2)N=C(N)c2ccccc2)cc1. The predicted molar refractivity (Wildman–Crippen MR) is 262 cm³/mol. The van der Waals surface area contributed by atoms with Crippen LogP contribution in [-0.4, -0.2) is 5.84 Å². The van der Waals surface area contributed by atoms with E-state index in [9.17, 15) is 0 Å². The van der Waals surface area contributed by atoms with E-state index in [1.54, 1.807) is 0 Å². The molecule has 0 saturated heterocycles. The fraction of sp³-hybridized carbons (Fsp3) is 0.0833. The molecule has 0 fully saturated rings. The van der Waals surface area contributed by atoms with Crippen LogP contribution in [0.3, 0.4) is 0 Å². The Bertz CT molecular complexity index is 2980. The molecule has 0 saturated carbocycles. The molecule has 0 aliphatic heterocycles. The monoisotopic (exact) mass is 796 g/mol. The van der Waals surface area contributed by atoms with Crippen LogP contribution in [0.1, 0.15) is 70.2 Å². The van der Waals surface area contributed by atoms with Crippen LogP contribution in [0.4, 0.5) is 0 Å². The fourth-order valence-corrected chi connectivity index (χ4v) is 9.89. The normalized spacial score (nSPS) is 16.0. The van der Waals surface area contributed by atoms with Crippen molar-refractivity contribution in [1.82, 2.24) is 0 Å². The Morgan fingerprint density at radius 3 is 1.92 bits per heavy atom. The fourth-order valence-electron chi connectivity index (χ4n) is 9.89.